The molecule has 0 saturated carbocycles. The summed E-state index contributed by atoms with van der Waals surface area (Å²) in [5.74, 6) is 1.93. The fraction of sp³-hybridized carbons (Fsp3) is 0.458. The van der Waals surface area contributed by atoms with Gasteiger partial charge in [-0.1, -0.05) is 0 Å². The fourth-order valence-electron chi connectivity index (χ4n) is 4.54. The number of hydrogen-bond acceptors (Lipinski definition) is 11. The number of thioether (sulfide) groups is 1. The molecule has 0 spiro atoms. The normalized spacial score (nSPS) is 19.1. The Morgan fingerprint density at radius 2 is 1.28 bits per heavy atom. The van der Waals surface area contributed by atoms with E-state index in [0.717, 1.165) is 68.5 Å². The van der Waals surface area contributed by atoms with E-state index < -0.39 is 11.1 Å². The molecule has 3 aliphatic rings. The number of benzene rings is 1. The van der Waals surface area contributed by atoms with Gasteiger partial charge >= 0.3 is 5.24 Å². The van der Waals surface area contributed by atoms with Crippen LogP contribution in [0.1, 0.15) is 31.2 Å². The molecule has 2 amide bonds. The predicted molar refractivity (Wildman–Crippen MR) is 137 cm³/mol. The van der Waals surface area contributed by atoms with Crippen LogP contribution in [0.3, 0.4) is 0 Å². The summed E-state index contributed by atoms with van der Waals surface area (Å²) in [7, 11) is 4.56. The number of carbonyl (C=O) groups is 2. The van der Waals surface area contributed by atoms with Gasteiger partial charge < -0.3 is 24.0 Å². The molecule has 2 aromatic rings. The van der Waals surface area contributed by atoms with Gasteiger partial charge in [0.25, 0.3) is 5.91 Å². The first kappa shape index (κ1) is 24.2. The van der Waals surface area contributed by atoms with Crippen molar-refractivity contribution in [3.8, 4) is 17.2 Å². The van der Waals surface area contributed by atoms with Gasteiger partial charge in [0.1, 0.15) is 0 Å². The van der Waals surface area contributed by atoms with E-state index in [1.165, 1.54) is 21.3 Å². The van der Waals surface area contributed by atoms with Gasteiger partial charge in [0.2, 0.25) is 23.6 Å². The smallest absolute Gasteiger partial charge is 0.300 e. The van der Waals surface area contributed by atoms with E-state index in [1.54, 1.807) is 18.2 Å². The van der Waals surface area contributed by atoms with E-state index in [-0.39, 0.29) is 10.9 Å². The van der Waals surface area contributed by atoms with Crippen LogP contribution in [0.5, 0.6) is 17.2 Å². The molecule has 0 radical (unpaired) electrons. The van der Waals surface area contributed by atoms with Gasteiger partial charge in [0.05, 0.1) is 26.2 Å². The highest BCUT2D eigenvalue weighted by atomic mass is 32.2. The number of ether oxygens (including phenoxy) is 3. The average molecular weight is 513 g/mol. The van der Waals surface area contributed by atoms with Crippen LogP contribution in [0, 0.1) is 0 Å². The van der Waals surface area contributed by atoms with Gasteiger partial charge in [-0.15, -0.1) is 0 Å². The summed E-state index contributed by atoms with van der Waals surface area (Å²) in [6.45, 7) is 3.36. The van der Waals surface area contributed by atoms with E-state index >= 15 is 0 Å². The third-order valence-corrected chi connectivity index (χ3v) is 7.23. The standard InChI is InChI=1S/C24H28N6O5S/c1-33-16-12-15(13-17(34-2)19(16)35-3)14-18-20(31)30(24(32)36-18)23-26-21(28-8-4-5-9-28)25-22(27-23)29-10-6-7-11-29/h12-14H,4-11H2,1-3H3/b18-14+. The fourth-order valence-corrected chi connectivity index (χ4v) is 5.35. The quantitative estimate of drug-likeness (QED) is 0.509. The molecule has 36 heavy (non-hydrogen) atoms. The molecule has 1 aromatic heterocycles. The summed E-state index contributed by atoms with van der Waals surface area (Å²) in [6.07, 6.45) is 5.84. The minimum atomic E-state index is -0.482. The van der Waals surface area contributed by atoms with Gasteiger partial charge in [0, 0.05) is 26.2 Å². The van der Waals surface area contributed by atoms with Crippen LogP contribution in [0.15, 0.2) is 17.0 Å². The molecule has 1 aromatic carbocycles. The monoisotopic (exact) mass is 512 g/mol. The van der Waals surface area contributed by atoms with Crippen LogP contribution in [-0.4, -0.2) is 73.6 Å². The van der Waals surface area contributed by atoms with Gasteiger partial charge in [-0.05, 0) is 61.2 Å². The van der Waals surface area contributed by atoms with Gasteiger partial charge in [-0.3, -0.25) is 9.59 Å². The largest absolute Gasteiger partial charge is 0.493 e. The molecule has 11 nitrogen and oxygen atoms in total. The highest BCUT2D eigenvalue weighted by Crippen LogP contribution is 2.41. The van der Waals surface area contributed by atoms with Crippen molar-refractivity contribution < 1.29 is 23.8 Å². The highest BCUT2D eigenvalue weighted by molar-refractivity contribution is 8.19. The first-order valence-corrected chi connectivity index (χ1v) is 12.7. The Balaban J connectivity index is 1.50. The number of nitrogens with zero attached hydrogens (tertiary/aromatic N) is 6. The Kier molecular flexibility index (Phi) is 6.86. The third-order valence-electron chi connectivity index (χ3n) is 6.36. The summed E-state index contributed by atoms with van der Waals surface area (Å²) < 4.78 is 16.2. The zero-order valence-electron chi connectivity index (χ0n) is 20.5. The topological polar surface area (TPSA) is 110 Å². The van der Waals surface area contributed by atoms with Crippen LogP contribution in [0.25, 0.3) is 6.08 Å². The number of anilines is 3. The van der Waals surface area contributed by atoms with E-state index in [0.29, 0.717) is 34.7 Å². The molecule has 4 heterocycles. The zero-order valence-corrected chi connectivity index (χ0v) is 21.3. The summed E-state index contributed by atoms with van der Waals surface area (Å²) >= 11 is 0.843. The van der Waals surface area contributed by atoms with Crippen molar-refractivity contribution in [3.05, 3.63) is 22.6 Å². The summed E-state index contributed by atoms with van der Waals surface area (Å²) in [4.78, 5) is 45.7. The van der Waals surface area contributed by atoms with E-state index in [1.807, 2.05) is 0 Å². The molecule has 190 valence electrons. The lowest BCUT2D eigenvalue weighted by atomic mass is 10.1. The van der Waals surface area contributed by atoms with Crippen molar-refractivity contribution in [1.29, 1.82) is 0 Å². The lowest BCUT2D eigenvalue weighted by Crippen LogP contribution is -2.32. The number of imide groups is 1. The second-order valence-corrected chi connectivity index (χ2v) is 9.59. The second-order valence-electron chi connectivity index (χ2n) is 8.60. The van der Waals surface area contributed by atoms with Crippen molar-refractivity contribution >= 4 is 46.8 Å². The predicted octanol–water partition coefficient (Wildman–Crippen LogP) is 3.34. The van der Waals surface area contributed by atoms with Crippen molar-refractivity contribution in [3.63, 3.8) is 0 Å². The Morgan fingerprint density at radius 3 is 1.75 bits per heavy atom. The first-order valence-electron chi connectivity index (χ1n) is 11.9. The maximum Gasteiger partial charge on any atom is 0.300 e. The molecule has 0 aliphatic carbocycles. The molecular weight excluding hydrogens is 484 g/mol. The number of hydrogen-bond donors (Lipinski definition) is 0. The summed E-state index contributed by atoms with van der Waals surface area (Å²) in [6, 6.07) is 3.43. The Labute approximate surface area is 213 Å². The summed E-state index contributed by atoms with van der Waals surface area (Å²) in [5.41, 5.74) is 0.626. The van der Waals surface area contributed by atoms with Crippen molar-refractivity contribution in [1.82, 2.24) is 15.0 Å². The van der Waals surface area contributed by atoms with Gasteiger partial charge in [-0.2, -0.15) is 15.0 Å². The molecule has 3 aliphatic heterocycles. The van der Waals surface area contributed by atoms with Gasteiger partial charge in [0.15, 0.2) is 11.5 Å². The number of amides is 2. The van der Waals surface area contributed by atoms with E-state index in [4.69, 9.17) is 14.2 Å². The van der Waals surface area contributed by atoms with E-state index in [9.17, 15) is 9.59 Å². The minimum Gasteiger partial charge on any atom is -0.493 e. The number of rotatable bonds is 7. The van der Waals surface area contributed by atoms with Crippen LogP contribution >= 0.6 is 11.8 Å². The average Bonchev–Trinajstić information content (AvgIpc) is 3.66. The molecule has 5 rings (SSSR count). The SMILES string of the molecule is COc1cc(/C=C2/SC(=O)N(c3nc(N4CCCC4)nc(N4CCCC4)n3)C2=O)cc(OC)c1OC. The van der Waals surface area contributed by atoms with Crippen molar-refractivity contribution in [2.45, 2.75) is 25.7 Å². The van der Waals surface area contributed by atoms with Crippen molar-refractivity contribution in [2.24, 2.45) is 0 Å². The molecular formula is C24H28N6O5S. The maximum atomic E-state index is 13.4. The number of methoxy groups -OCH3 is 3. The van der Waals surface area contributed by atoms with Crippen LogP contribution in [0.2, 0.25) is 0 Å². The summed E-state index contributed by atoms with van der Waals surface area (Å²) in [5, 5.41) is -0.454. The molecule has 0 N–H and O–H groups in total. The Hall–Kier alpha value is -3.54. The molecule has 0 unspecified atom stereocenters. The minimum absolute atomic E-state index is 0.0598. The van der Waals surface area contributed by atoms with Crippen LogP contribution < -0.4 is 28.9 Å². The molecule has 3 fully saturated rings. The lowest BCUT2D eigenvalue weighted by molar-refractivity contribution is -0.113. The number of carbonyl (C=O) groups excluding carboxylic acids is 2. The Morgan fingerprint density at radius 1 is 0.778 bits per heavy atom. The van der Waals surface area contributed by atoms with Crippen LogP contribution in [0.4, 0.5) is 22.6 Å². The molecule has 0 bridgehead atoms. The third kappa shape index (κ3) is 4.52. The molecule has 3 saturated heterocycles. The highest BCUT2D eigenvalue weighted by Gasteiger charge is 2.39. The Bertz CT molecular complexity index is 1150. The van der Waals surface area contributed by atoms with E-state index in [2.05, 4.69) is 24.8 Å². The zero-order chi connectivity index (χ0) is 25.2. The number of aromatic nitrogens is 3. The maximum absolute atomic E-state index is 13.4. The first-order chi connectivity index (χ1) is 17.5. The van der Waals surface area contributed by atoms with Crippen LogP contribution in [-0.2, 0) is 4.79 Å². The second kappa shape index (κ2) is 10.2. The lowest BCUT2D eigenvalue weighted by Gasteiger charge is -2.22. The van der Waals surface area contributed by atoms with Crippen molar-refractivity contribution in [2.75, 3.05) is 62.2 Å². The molecule has 0 atom stereocenters. The van der Waals surface area contributed by atoms with Gasteiger partial charge in [-0.25, -0.2) is 4.90 Å². The molecule has 12 heteroatoms.